The maximum atomic E-state index is 13.7. The van der Waals surface area contributed by atoms with Gasteiger partial charge in [0, 0.05) is 7.11 Å². The Morgan fingerprint density at radius 2 is 1.89 bits per heavy atom. The Kier molecular flexibility index (Phi) is 4.42. The summed E-state index contributed by atoms with van der Waals surface area (Å²) in [6.45, 7) is 0. The Morgan fingerprint density at radius 3 is 2.42 bits per heavy atom. The van der Waals surface area contributed by atoms with Gasteiger partial charge in [-0.05, 0) is 30.5 Å². The summed E-state index contributed by atoms with van der Waals surface area (Å²) in [5.74, 6) is -0.271. The molecule has 0 aliphatic heterocycles. The quantitative estimate of drug-likeness (QED) is 0.911. The number of rotatable bonds is 4. The van der Waals surface area contributed by atoms with E-state index in [1.165, 1.54) is 13.2 Å². The molecule has 0 amide bonds. The predicted octanol–water partition coefficient (Wildman–Crippen LogP) is 3.22. The molecule has 3 nitrogen and oxygen atoms in total. The van der Waals surface area contributed by atoms with Crippen molar-refractivity contribution in [2.75, 3.05) is 14.2 Å². The van der Waals surface area contributed by atoms with E-state index in [-0.39, 0.29) is 5.75 Å². The van der Waals surface area contributed by atoms with Crippen LogP contribution in [-0.2, 0) is 4.74 Å². The van der Waals surface area contributed by atoms with Crippen LogP contribution in [-0.4, -0.2) is 24.9 Å². The van der Waals surface area contributed by atoms with E-state index in [2.05, 4.69) is 0 Å². The number of benzene rings is 1. The van der Waals surface area contributed by atoms with Crippen molar-refractivity contribution in [3.63, 3.8) is 0 Å². The number of ether oxygens (including phenoxy) is 2. The molecule has 1 unspecified atom stereocenters. The van der Waals surface area contributed by atoms with Gasteiger partial charge in [-0.3, -0.25) is 0 Å². The standard InChI is InChI=1S/C15H21FO3/c1-18-13-7-6-11(10-12(13)16)14(17)15(19-2)8-4-3-5-9-15/h6-7,10,14,17H,3-5,8-9H2,1-2H3. The lowest BCUT2D eigenvalue weighted by Gasteiger charge is -2.40. The van der Waals surface area contributed by atoms with E-state index in [1.807, 2.05) is 0 Å². The molecule has 0 radical (unpaired) electrons. The Balaban J connectivity index is 2.26. The molecule has 0 aromatic heterocycles. The van der Waals surface area contributed by atoms with Gasteiger partial charge in [-0.2, -0.15) is 0 Å². The number of methoxy groups -OCH3 is 2. The monoisotopic (exact) mass is 268 g/mol. The van der Waals surface area contributed by atoms with Crippen molar-refractivity contribution < 1.29 is 19.0 Å². The molecule has 1 aliphatic rings. The summed E-state index contributed by atoms with van der Waals surface area (Å²) in [4.78, 5) is 0. The zero-order valence-corrected chi connectivity index (χ0v) is 11.5. The molecule has 0 bridgehead atoms. The molecule has 1 saturated carbocycles. The first-order valence-corrected chi connectivity index (χ1v) is 6.69. The van der Waals surface area contributed by atoms with E-state index in [4.69, 9.17) is 9.47 Å². The average Bonchev–Trinajstić information content (AvgIpc) is 2.47. The molecular formula is C15H21FO3. The van der Waals surface area contributed by atoms with Gasteiger partial charge in [0.2, 0.25) is 0 Å². The van der Waals surface area contributed by atoms with Gasteiger partial charge in [-0.15, -0.1) is 0 Å². The van der Waals surface area contributed by atoms with E-state index in [9.17, 15) is 9.50 Å². The van der Waals surface area contributed by atoms with Gasteiger partial charge in [-0.25, -0.2) is 4.39 Å². The van der Waals surface area contributed by atoms with Crippen molar-refractivity contribution in [1.82, 2.24) is 0 Å². The second-order valence-corrected chi connectivity index (χ2v) is 5.13. The van der Waals surface area contributed by atoms with Crippen LogP contribution in [0.3, 0.4) is 0 Å². The highest BCUT2D eigenvalue weighted by atomic mass is 19.1. The first-order valence-electron chi connectivity index (χ1n) is 6.69. The first-order chi connectivity index (χ1) is 9.13. The second-order valence-electron chi connectivity index (χ2n) is 5.13. The molecule has 4 heteroatoms. The molecule has 1 aliphatic carbocycles. The van der Waals surface area contributed by atoms with Crippen LogP contribution in [0.25, 0.3) is 0 Å². The van der Waals surface area contributed by atoms with Crippen LogP contribution in [0.4, 0.5) is 4.39 Å². The highest BCUT2D eigenvalue weighted by Crippen LogP contribution is 2.41. The fraction of sp³-hybridized carbons (Fsp3) is 0.600. The topological polar surface area (TPSA) is 38.7 Å². The van der Waals surface area contributed by atoms with Crippen molar-refractivity contribution in [1.29, 1.82) is 0 Å². The second kappa shape index (κ2) is 5.88. The summed E-state index contributed by atoms with van der Waals surface area (Å²) in [5.41, 5.74) is -0.0405. The number of hydrogen-bond acceptors (Lipinski definition) is 3. The predicted molar refractivity (Wildman–Crippen MR) is 70.7 cm³/mol. The maximum Gasteiger partial charge on any atom is 0.165 e. The van der Waals surface area contributed by atoms with Crippen LogP contribution in [0.2, 0.25) is 0 Å². The van der Waals surface area contributed by atoms with Crippen molar-refractivity contribution in [3.05, 3.63) is 29.6 Å². The zero-order valence-electron chi connectivity index (χ0n) is 11.5. The SMILES string of the molecule is COc1ccc(C(O)C2(OC)CCCCC2)cc1F. The minimum Gasteiger partial charge on any atom is -0.494 e. The fourth-order valence-electron chi connectivity index (χ4n) is 2.90. The lowest BCUT2D eigenvalue weighted by molar-refractivity contribution is -0.125. The molecule has 1 fully saturated rings. The first kappa shape index (κ1) is 14.3. The summed E-state index contributed by atoms with van der Waals surface area (Å²) < 4.78 is 24.2. The minimum atomic E-state index is -0.807. The zero-order chi connectivity index (χ0) is 13.9. The van der Waals surface area contributed by atoms with E-state index in [0.29, 0.717) is 5.56 Å². The van der Waals surface area contributed by atoms with E-state index in [1.54, 1.807) is 19.2 Å². The highest BCUT2D eigenvalue weighted by Gasteiger charge is 2.40. The smallest absolute Gasteiger partial charge is 0.165 e. The largest absolute Gasteiger partial charge is 0.494 e. The molecule has 0 spiro atoms. The van der Waals surface area contributed by atoms with Gasteiger partial charge in [0.25, 0.3) is 0 Å². The molecule has 106 valence electrons. The summed E-state index contributed by atoms with van der Waals surface area (Å²) in [5, 5.41) is 10.6. The van der Waals surface area contributed by atoms with Gasteiger partial charge in [0.1, 0.15) is 6.10 Å². The van der Waals surface area contributed by atoms with Crippen LogP contribution in [0.15, 0.2) is 18.2 Å². The Bertz CT molecular complexity index is 427. The molecule has 1 atom stereocenters. The maximum absolute atomic E-state index is 13.7. The third-order valence-electron chi connectivity index (χ3n) is 4.10. The minimum absolute atomic E-state index is 0.186. The molecular weight excluding hydrogens is 247 g/mol. The normalized spacial score (nSPS) is 20.0. The molecule has 1 aromatic rings. The average molecular weight is 268 g/mol. The summed E-state index contributed by atoms with van der Waals surface area (Å²) in [7, 11) is 3.04. The van der Waals surface area contributed by atoms with Gasteiger partial charge in [0.05, 0.1) is 12.7 Å². The Labute approximate surface area is 113 Å². The Morgan fingerprint density at radius 1 is 1.21 bits per heavy atom. The van der Waals surface area contributed by atoms with Gasteiger partial charge >= 0.3 is 0 Å². The molecule has 0 heterocycles. The summed E-state index contributed by atoms with van der Waals surface area (Å²) >= 11 is 0. The molecule has 19 heavy (non-hydrogen) atoms. The Hall–Kier alpha value is -1.13. The van der Waals surface area contributed by atoms with E-state index in [0.717, 1.165) is 32.1 Å². The van der Waals surface area contributed by atoms with Gasteiger partial charge in [0.15, 0.2) is 11.6 Å². The van der Waals surface area contributed by atoms with E-state index < -0.39 is 17.5 Å². The third-order valence-corrected chi connectivity index (χ3v) is 4.10. The number of halogens is 1. The third kappa shape index (κ3) is 2.74. The molecule has 1 N–H and O–H groups in total. The number of hydrogen-bond donors (Lipinski definition) is 1. The van der Waals surface area contributed by atoms with Gasteiger partial charge in [-0.1, -0.05) is 25.3 Å². The summed E-state index contributed by atoms with van der Waals surface area (Å²) in [6, 6.07) is 4.57. The molecule has 2 rings (SSSR count). The van der Waals surface area contributed by atoms with Crippen LogP contribution in [0, 0.1) is 5.82 Å². The van der Waals surface area contributed by atoms with Crippen LogP contribution in [0.1, 0.15) is 43.8 Å². The highest BCUT2D eigenvalue weighted by molar-refractivity contribution is 5.31. The van der Waals surface area contributed by atoms with Crippen molar-refractivity contribution >= 4 is 0 Å². The van der Waals surface area contributed by atoms with Crippen molar-refractivity contribution in [2.24, 2.45) is 0 Å². The molecule has 0 saturated heterocycles. The van der Waals surface area contributed by atoms with E-state index >= 15 is 0 Å². The fourth-order valence-corrected chi connectivity index (χ4v) is 2.90. The number of aliphatic hydroxyl groups excluding tert-OH is 1. The lowest BCUT2D eigenvalue weighted by atomic mass is 9.78. The van der Waals surface area contributed by atoms with Crippen LogP contribution >= 0.6 is 0 Å². The van der Waals surface area contributed by atoms with Crippen LogP contribution in [0.5, 0.6) is 5.75 Å². The van der Waals surface area contributed by atoms with Gasteiger partial charge < -0.3 is 14.6 Å². The molecule has 1 aromatic carbocycles. The van der Waals surface area contributed by atoms with Crippen LogP contribution < -0.4 is 4.74 Å². The van der Waals surface area contributed by atoms with Crippen molar-refractivity contribution in [3.8, 4) is 5.75 Å². The number of aliphatic hydroxyl groups is 1. The van der Waals surface area contributed by atoms with Crippen molar-refractivity contribution in [2.45, 2.75) is 43.8 Å². The summed E-state index contributed by atoms with van der Waals surface area (Å²) in [6.07, 6.45) is 4.02. The lowest BCUT2D eigenvalue weighted by Crippen LogP contribution is -2.40.